The third-order valence-electron chi connectivity index (χ3n) is 3.02. The number of carbonyl (C=O) groups excluding carboxylic acids is 2. The molecule has 1 saturated heterocycles. The summed E-state index contributed by atoms with van der Waals surface area (Å²) in [4.78, 5) is 30.9. The first-order chi connectivity index (χ1) is 9.02. The van der Waals surface area contributed by atoms with E-state index in [4.69, 9.17) is 11.6 Å². The number of hydrogen-bond acceptors (Lipinski definition) is 5. The number of rotatable bonds is 2. The second kappa shape index (κ2) is 5.44. The van der Waals surface area contributed by atoms with E-state index in [-0.39, 0.29) is 23.3 Å². The molecule has 1 amide bonds. The van der Waals surface area contributed by atoms with Gasteiger partial charge in [-0.2, -0.15) is 0 Å². The van der Waals surface area contributed by atoms with Crippen LogP contribution in [0.3, 0.4) is 0 Å². The van der Waals surface area contributed by atoms with Crippen LogP contribution in [0.5, 0.6) is 0 Å². The Morgan fingerprint density at radius 2 is 2.16 bits per heavy atom. The van der Waals surface area contributed by atoms with Crippen LogP contribution in [0.2, 0.25) is 5.15 Å². The van der Waals surface area contributed by atoms with E-state index in [1.165, 1.54) is 7.11 Å². The Labute approximate surface area is 115 Å². The fraction of sp³-hybridized carbons (Fsp3) is 0.417. The summed E-state index contributed by atoms with van der Waals surface area (Å²) < 4.78 is 4.69. The molecule has 1 aromatic rings. The summed E-state index contributed by atoms with van der Waals surface area (Å²) in [5, 5.41) is 0.213. The standard InChI is InChI=1S/C12H14ClN3O3/c1-15-5-6-16(7-10(15)17)8-3-4-9(13)14-11(8)12(18)19-2/h3-4H,5-7H2,1-2H3. The largest absolute Gasteiger partial charge is 0.464 e. The molecule has 1 aliphatic heterocycles. The lowest BCUT2D eigenvalue weighted by Gasteiger charge is -2.33. The monoisotopic (exact) mass is 283 g/mol. The molecule has 2 rings (SSSR count). The van der Waals surface area contributed by atoms with Gasteiger partial charge in [0.15, 0.2) is 5.69 Å². The number of hydrogen-bond donors (Lipinski definition) is 0. The molecule has 0 aromatic carbocycles. The van der Waals surface area contributed by atoms with Crippen molar-refractivity contribution in [1.82, 2.24) is 9.88 Å². The third kappa shape index (κ3) is 2.78. The number of amides is 1. The molecular weight excluding hydrogens is 270 g/mol. The highest BCUT2D eigenvalue weighted by atomic mass is 35.5. The number of likely N-dealkylation sites (N-methyl/N-ethyl adjacent to an activating group) is 1. The predicted octanol–water partition coefficient (Wildman–Crippen LogP) is 0.800. The summed E-state index contributed by atoms with van der Waals surface area (Å²) in [6.07, 6.45) is 0. The molecule has 0 atom stereocenters. The maximum atomic E-state index is 11.7. The van der Waals surface area contributed by atoms with E-state index in [2.05, 4.69) is 9.72 Å². The Hall–Kier alpha value is -1.82. The molecule has 7 heteroatoms. The van der Waals surface area contributed by atoms with Gasteiger partial charge in [-0.3, -0.25) is 4.79 Å². The summed E-state index contributed by atoms with van der Waals surface area (Å²) in [6.45, 7) is 1.45. The molecule has 0 aliphatic carbocycles. The Bertz CT molecular complexity index is 521. The first kappa shape index (κ1) is 13.6. The van der Waals surface area contributed by atoms with Crippen LogP contribution in [0.1, 0.15) is 10.5 Å². The minimum Gasteiger partial charge on any atom is -0.464 e. The topological polar surface area (TPSA) is 62.7 Å². The number of methoxy groups -OCH3 is 1. The summed E-state index contributed by atoms with van der Waals surface area (Å²) in [5.74, 6) is -0.569. The first-order valence-electron chi connectivity index (χ1n) is 5.76. The van der Waals surface area contributed by atoms with Gasteiger partial charge in [0.2, 0.25) is 5.91 Å². The number of nitrogens with zero attached hydrogens (tertiary/aromatic N) is 3. The van der Waals surface area contributed by atoms with Gasteiger partial charge in [0.25, 0.3) is 0 Å². The molecule has 1 aromatic heterocycles. The minimum absolute atomic E-state index is 0.00276. The maximum Gasteiger partial charge on any atom is 0.358 e. The lowest BCUT2D eigenvalue weighted by atomic mass is 10.2. The first-order valence-corrected chi connectivity index (χ1v) is 6.14. The van der Waals surface area contributed by atoms with E-state index in [1.54, 1.807) is 29.0 Å². The number of carbonyl (C=O) groups is 2. The van der Waals surface area contributed by atoms with Crippen LogP contribution in [0.15, 0.2) is 12.1 Å². The zero-order chi connectivity index (χ0) is 14.0. The third-order valence-corrected chi connectivity index (χ3v) is 3.23. The normalized spacial score (nSPS) is 15.6. The highest BCUT2D eigenvalue weighted by Crippen LogP contribution is 2.23. The fourth-order valence-corrected chi connectivity index (χ4v) is 2.04. The van der Waals surface area contributed by atoms with Crippen LogP contribution in [-0.2, 0) is 9.53 Å². The highest BCUT2D eigenvalue weighted by molar-refractivity contribution is 6.29. The van der Waals surface area contributed by atoms with Gasteiger partial charge in [-0.25, -0.2) is 9.78 Å². The van der Waals surface area contributed by atoms with E-state index in [0.29, 0.717) is 18.8 Å². The average Bonchev–Trinajstić information content (AvgIpc) is 2.41. The van der Waals surface area contributed by atoms with Crippen molar-refractivity contribution in [3.63, 3.8) is 0 Å². The molecule has 19 heavy (non-hydrogen) atoms. The molecule has 0 unspecified atom stereocenters. The van der Waals surface area contributed by atoms with Gasteiger partial charge in [-0.1, -0.05) is 11.6 Å². The number of piperazine rings is 1. The Morgan fingerprint density at radius 3 is 2.79 bits per heavy atom. The second-order valence-electron chi connectivity index (χ2n) is 4.23. The van der Waals surface area contributed by atoms with E-state index < -0.39 is 5.97 Å². The van der Waals surface area contributed by atoms with Crippen LogP contribution in [0, 0.1) is 0 Å². The maximum absolute atomic E-state index is 11.7. The predicted molar refractivity (Wildman–Crippen MR) is 70.4 cm³/mol. The van der Waals surface area contributed by atoms with Gasteiger partial charge in [-0.05, 0) is 12.1 Å². The molecule has 0 N–H and O–H groups in total. The molecule has 2 heterocycles. The zero-order valence-corrected chi connectivity index (χ0v) is 11.5. The van der Waals surface area contributed by atoms with Crippen LogP contribution >= 0.6 is 11.6 Å². The van der Waals surface area contributed by atoms with Crippen molar-refractivity contribution in [2.75, 3.05) is 38.7 Å². The van der Waals surface area contributed by atoms with Gasteiger partial charge < -0.3 is 14.5 Å². The van der Waals surface area contributed by atoms with Crippen LogP contribution in [0.25, 0.3) is 0 Å². The van der Waals surface area contributed by atoms with Crippen LogP contribution in [0.4, 0.5) is 5.69 Å². The van der Waals surface area contributed by atoms with Gasteiger partial charge in [0.05, 0.1) is 19.3 Å². The van der Waals surface area contributed by atoms with E-state index >= 15 is 0 Å². The smallest absolute Gasteiger partial charge is 0.358 e. The number of esters is 1. The van der Waals surface area contributed by atoms with Crippen LogP contribution in [-0.4, -0.2) is 55.6 Å². The molecule has 0 spiro atoms. The highest BCUT2D eigenvalue weighted by Gasteiger charge is 2.25. The number of halogens is 1. The molecule has 1 aliphatic rings. The SMILES string of the molecule is COC(=O)c1nc(Cl)ccc1N1CCN(C)C(=O)C1. The van der Waals surface area contributed by atoms with Crippen molar-refractivity contribution in [3.05, 3.63) is 23.0 Å². The quantitative estimate of drug-likeness (QED) is 0.593. The van der Waals surface area contributed by atoms with E-state index in [9.17, 15) is 9.59 Å². The van der Waals surface area contributed by atoms with E-state index in [0.717, 1.165) is 0 Å². The van der Waals surface area contributed by atoms with Gasteiger partial charge >= 0.3 is 5.97 Å². The molecular formula is C12H14ClN3O3. The number of pyridine rings is 1. The van der Waals surface area contributed by atoms with Crippen molar-refractivity contribution in [2.24, 2.45) is 0 Å². The van der Waals surface area contributed by atoms with Gasteiger partial charge in [-0.15, -0.1) is 0 Å². The van der Waals surface area contributed by atoms with Crippen LogP contribution < -0.4 is 4.90 Å². The molecule has 1 fully saturated rings. The molecule has 102 valence electrons. The number of ether oxygens (including phenoxy) is 1. The molecule has 0 bridgehead atoms. The summed E-state index contributed by atoms with van der Waals surface area (Å²) in [6, 6.07) is 3.27. The average molecular weight is 284 g/mol. The summed E-state index contributed by atoms with van der Waals surface area (Å²) >= 11 is 5.80. The van der Waals surface area contributed by atoms with Gasteiger partial charge in [0.1, 0.15) is 5.15 Å². The number of anilines is 1. The lowest BCUT2D eigenvalue weighted by Crippen LogP contribution is -2.49. The Morgan fingerprint density at radius 1 is 1.42 bits per heavy atom. The Balaban J connectivity index is 2.34. The lowest BCUT2D eigenvalue weighted by molar-refractivity contribution is -0.129. The summed E-state index contributed by atoms with van der Waals surface area (Å²) in [7, 11) is 3.03. The van der Waals surface area contributed by atoms with E-state index in [1.807, 2.05) is 0 Å². The van der Waals surface area contributed by atoms with Crippen molar-refractivity contribution >= 4 is 29.2 Å². The minimum atomic E-state index is -0.566. The van der Waals surface area contributed by atoms with Gasteiger partial charge in [0, 0.05) is 20.1 Å². The molecule has 0 saturated carbocycles. The van der Waals surface area contributed by atoms with Crippen molar-refractivity contribution in [2.45, 2.75) is 0 Å². The van der Waals surface area contributed by atoms with Crippen molar-refractivity contribution < 1.29 is 14.3 Å². The molecule has 0 radical (unpaired) electrons. The second-order valence-corrected chi connectivity index (χ2v) is 4.62. The number of aromatic nitrogens is 1. The fourth-order valence-electron chi connectivity index (χ4n) is 1.89. The van der Waals surface area contributed by atoms with Crippen molar-refractivity contribution in [1.29, 1.82) is 0 Å². The Kier molecular flexibility index (Phi) is 3.90. The van der Waals surface area contributed by atoms with Crippen molar-refractivity contribution in [3.8, 4) is 0 Å². The summed E-state index contributed by atoms with van der Waals surface area (Å²) in [5.41, 5.74) is 0.699. The zero-order valence-electron chi connectivity index (χ0n) is 10.7. The molecule has 6 nitrogen and oxygen atoms in total.